The monoisotopic (exact) mass is 408 g/mol. The lowest BCUT2D eigenvalue weighted by atomic mass is 10.1. The van der Waals surface area contributed by atoms with Crippen molar-refractivity contribution in [2.24, 2.45) is 0 Å². The largest absolute Gasteiger partial charge is 0.355 e. The number of hydrogen-bond acceptors (Lipinski definition) is 5. The van der Waals surface area contributed by atoms with Crippen molar-refractivity contribution in [2.45, 2.75) is 51.2 Å². The van der Waals surface area contributed by atoms with Crippen LogP contribution in [0.15, 0.2) is 35.5 Å². The lowest BCUT2D eigenvalue weighted by Crippen LogP contribution is -2.09. The third-order valence-corrected chi connectivity index (χ3v) is 6.24. The molecular weight excluding hydrogens is 384 g/mol. The predicted octanol–water partition coefficient (Wildman–Crippen LogP) is 4.33. The molecule has 0 aliphatic heterocycles. The third-order valence-electron chi connectivity index (χ3n) is 5.27. The Labute approximate surface area is 174 Å². The summed E-state index contributed by atoms with van der Waals surface area (Å²) in [6, 6.07) is 10.2. The van der Waals surface area contributed by atoms with Crippen LogP contribution in [0.1, 0.15) is 69.2 Å². The predicted molar refractivity (Wildman–Crippen MR) is 113 cm³/mol. The number of benzene rings is 1. The molecule has 3 aromatic rings. The lowest BCUT2D eigenvalue weighted by molar-refractivity contribution is 0.101. The van der Waals surface area contributed by atoms with Crippen molar-refractivity contribution < 1.29 is 9.59 Å². The van der Waals surface area contributed by atoms with Crippen LogP contribution in [0.3, 0.4) is 0 Å². The maximum atomic E-state index is 12.8. The molecule has 0 amide bonds. The van der Waals surface area contributed by atoms with Crippen LogP contribution in [0, 0.1) is 13.8 Å². The van der Waals surface area contributed by atoms with Gasteiger partial charge in [0, 0.05) is 17.2 Å². The summed E-state index contributed by atoms with van der Waals surface area (Å²) < 4.78 is 2.14. The van der Waals surface area contributed by atoms with E-state index in [9.17, 15) is 9.59 Å². The summed E-state index contributed by atoms with van der Waals surface area (Å²) in [6.07, 6.45) is 2.29. The molecule has 29 heavy (non-hydrogen) atoms. The summed E-state index contributed by atoms with van der Waals surface area (Å²) in [5, 5.41) is 9.55. The average molecular weight is 409 g/mol. The van der Waals surface area contributed by atoms with Gasteiger partial charge in [-0.1, -0.05) is 42.1 Å². The zero-order valence-corrected chi connectivity index (χ0v) is 17.7. The SMILES string of the molecule is CC(=O)c1c(C)[nH]c(C(=O)CSc2nnc(C3CC3)n2Cc2ccccc2)c1C. The highest BCUT2D eigenvalue weighted by atomic mass is 32.2. The number of nitrogens with one attached hydrogen (secondary N) is 1. The summed E-state index contributed by atoms with van der Waals surface area (Å²) in [5.41, 5.74) is 3.78. The van der Waals surface area contributed by atoms with Gasteiger partial charge < -0.3 is 9.55 Å². The maximum Gasteiger partial charge on any atom is 0.191 e. The van der Waals surface area contributed by atoms with Crippen LogP contribution in [0.4, 0.5) is 0 Å². The molecule has 2 aromatic heterocycles. The summed E-state index contributed by atoms with van der Waals surface area (Å²) in [5.74, 6) is 1.66. The summed E-state index contributed by atoms with van der Waals surface area (Å²) in [4.78, 5) is 27.8. The van der Waals surface area contributed by atoms with E-state index in [1.807, 2.05) is 32.0 Å². The fraction of sp³-hybridized carbons (Fsp3) is 0.364. The van der Waals surface area contributed by atoms with Crippen molar-refractivity contribution in [2.75, 3.05) is 5.75 Å². The number of nitrogens with zero attached hydrogens (tertiary/aromatic N) is 3. The first-order valence-electron chi connectivity index (χ1n) is 9.78. The van der Waals surface area contributed by atoms with E-state index < -0.39 is 0 Å². The van der Waals surface area contributed by atoms with Crippen molar-refractivity contribution in [3.63, 3.8) is 0 Å². The molecule has 0 saturated heterocycles. The highest BCUT2D eigenvalue weighted by Gasteiger charge is 2.30. The quantitative estimate of drug-likeness (QED) is 0.443. The molecule has 1 aromatic carbocycles. The smallest absolute Gasteiger partial charge is 0.191 e. The van der Waals surface area contributed by atoms with Gasteiger partial charge in [-0.25, -0.2) is 0 Å². The molecule has 7 heteroatoms. The highest BCUT2D eigenvalue weighted by Crippen LogP contribution is 2.40. The molecule has 2 heterocycles. The Balaban J connectivity index is 1.54. The van der Waals surface area contributed by atoms with Gasteiger partial charge in [-0.15, -0.1) is 10.2 Å². The molecule has 1 saturated carbocycles. The number of aryl methyl sites for hydroxylation is 1. The van der Waals surface area contributed by atoms with E-state index in [4.69, 9.17) is 0 Å². The highest BCUT2D eigenvalue weighted by molar-refractivity contribution is 7.99. The van der Waals surface area contributed by atoms with Gasteiger partial charge in [0.1, 0.15) is 5.82 Å². The standard InChI is InChI=1S/C22H24N4O2S/c1-13-19(15(3)27)14(2)23-20(13)18(28)12-29-22-25-24-21(17-9-10-17)26(22)11-16-7-5-4-6-8-16/h4-8,17,23H,9-12H2,1-3H3. The molecule has 1 fully saturated rings. The van der Waals surface area contributed by atoms with E-state index >= 15 is 0 Å². The Morgan fingerprint density at radius 1 is 1.17 bits per heavy atom. The number of H-pyrrole nitrogens is 1. The summed E-state index contributed by atoms with van der Waals surface area (Å²) in [7, 11) is 0. The van der Waals surface area contributed by atoms with Gasteiger partial charge in [0.15, 0.2) is 16.7 Å². The van der Waals surface area contributed by atoms with Crippen molar-refractivity contribution in [3.05, 3.63) is 64.2 Å². The third kappa shape index (κ3) is 4.05. The van der Waals surface area contributed by atoms with Crippen molar-refractivity contribution in [3.8, 4) is 0 Å². The molecule has 0 atom stereocenters. The molecule has 4 rings (SSSR count). The number of ketones is 2. The number of rotatable bonds is 8. The Kier molecular flexibility index (Phi) is 5.41. The van der Waals surface area contributed by atoms with E-state index in [1.54, 1.807) is 0 Å². The minimum absolute atomic E-state index is 0.0281. The number of carbonyl (C=O) groups excluding carboxylic acids is 2. The van der Waals surface area contributed by atoms with E-state index in [0.717, 1.165) is 35.1 Å². The molecule has 1 N–H and O–H groups in total. The number of aromatic nitrogens is 4. The van der Waals surface area contributed by atoms with E-state index in [0.29, 0.717) is 23.7 Å². The molecule has 1 aliphatic carbocycles. The number of Topliss-reactive ketones (excluding diaryl/α,β-unsaturated/α-hetero) is 2. The van der Waals surface area contributed by atoms with Gasteiger partial charge in [0.2, 0.25) is 0 Å². The van der Waals surface area contributed by atoms with E-state index in [2.05, 4.69) is 31.9 Å². The molecule has 150 valence electrons. The van der Waals surface area contributed by atoms with Gasteiger partial charge in [-0.2, -0.15) is 0 Å². The molecule has 0 radical (unpaired) electrons. The number of thioether (sulfide) groups is 1. The first kappa shape index (κ1) is 19.6. The van der Waals surface area contributed by atoms with Crippen LogP contribution in [-0.2, 0) is 6.54 Å². The van der Waals surface area contributed by atoms with Crippen LogP contribution in [-0.4, -0.2) is 37.1 Å². The van der Waals surface area contributed by atoms with Gasteiger partial charge >= 0.3 is 0 Å². The Morgan fingerprint density at radius 2 is 1.90 bits per heavy atom. The zero-order valence-electron chi connectivity index (χ0n) is 16.9. The average Bonchev–Trinajstić information content (AvgIpc) is 3.39. The van der Waals surface area contributed by atoms with Crippen molar-refractivity contribution in [1.29, 1.82) is 0 Å². The normalized spacial score (nSPS) is 13.6. The molecular formula is C22H24N4O2S. The molecule has 0 unspecified atom stereocenters. The Hall–Kier alpha value is -2.67. The second-order valence-electron chi connectivity index (χ2n) is 7.58. The van der Waals surface area contributed by atoms with E-state index in [-0.39, 0.29) is 17.3 Å². The van der Waals surface area contributed by atoms with Gasteiger partial charge in [0.25, 0.3) is 0 Å². The van der Waals surface area contributed by atoms with E-state index in [1.165, 1.54) is 24.2 Å². The second kappa shape index (κ2) is 7.99. The van der Waals surface area contributed by atoms with Crippen LogP contribution in [0.2, 0.25) is 0 Å². The fourth-order valence-electron chi connectivity index (χ4n) is 3.72. The van der Waals surface area contributed by atoms with Crippen LogP contribution < -0.4 is 0 Å². The molecule has 1 aliphatic rings. The Bertz CT molecular complexity index is 1060. The maximum absolute atomic E-state index is 12.8. The molecule has 0 bridgehead atoms. The van der Waals surface area contributed by atoms with Crippen LogP contribution in [0.25, 0.3) is 0 Å². The topological polar surface area (TPSA) is 80.6 Å². The minimum Gasteiger partial charge on any atom is -0.355 e. The Morgan fingerprint density at radius 3 is 2.52 bits per heavy atom. The number of aromatic amines is 1. The van der Waals surface area contributed by atoms with Gasteiger partial charge in [-0.3, -0.25) is 9.59 Å². The van der Waals surface area contributed by atoms with Crippen LogP contribution >= 0.6 is 11.8 Å². The van der Waals surface area contributed by atoms with Gasteiger partial charge in [-0.05, 0) is 44.7 Å². The van der Waals surface area contributed by atoms with Crippen LogP contribution in [0.5, 0.6) is 0 Å². The van der Waals surface area contributed by atoms with Crippen molar-refractivity contribution in [1.82, 2.24) is 19.7 Å². The number of carbonyl (C=O) groups is 2. The summed E-state index contributed by atoms with van der Waals surface area (Å²) in [6.45, 7) is 5.87. The minimum atomic E-state index is -0.0367. The lowest BCUT2D eigenvalue weighted by Gasteiger charge is -2.10. The molecule has 6 nitrogen and oxygen atoms in total. The fourth-order valence-corrected chi connectivity index (χ4v) is 4.54. The van der Waals surface area contributed by atoms with Crippen molar-refractivity contribution >= 4 is 23.3 Å². The molecule has 0 spiro atoms. The first-order chi connectivity index (χ1) is 14.0. The summed E-state index contributed by atoms with van der Waals surface area (Å²) >= 11 is 1.40. The number of hydrogen-bond donors (Lipinski definition) is 1. The van der Waals surface area contributed by atoms with Gasteiger partial charge in [0.05, 0.1) is 18.0 Å². The zero-order chi connectivity index (χ0) is 20.5. The second-order valence-corrected chi connectivity index (χ2v) is 8.52. The first-order valence-corrected chi connectivity index (χ1v) is 10.8.